The molecule has 0 spiro atoms. The first-order chi connectivity index (χ1) is 8.65. The summed E-state index contributed by atoms with van der Waals surface area (Å²) < 4.78 is 0. The highest BCUT2D eigenvalue weighted by Gasteiger charge is 2.37. The van der Waals surface area contributed by atoms with Crippen LogP contribution in [0, 0.1) is 0 Å². The summed E-state index contributed by atoms with van der Waals surface area (Å²) in [4.78, 5) is 9.64. The Balaban J connectivity index is 1.81. The van der Waals surface area contributed by atoms with Gasteiger partial charge in [0.1, 0.15) is 0 Å². The van der Waals surface area contributed by atoms with Crippen molar-refractivity contribution in [2.24, 2.45) is 4.99 Å². The lowest BCUT2D eigenvalue weighted by molar-refractivity contribution is 0.0334. The molecule has 0 aliphatic carbocycles. The first kappa shape index (κ1) is 12.0. The van der Waals surface area contributed by atoms with Gasteiger partial charge in [-0.05, 0) is 44.9 Å². The molecule has 0 radical (unpaired) electrons. The number of likely N-dealkylation sites (N-methyl/N-ethyl adjacent to an activating group) is 1. The van der Waals surface area contributed by atoms with Crippen LogP contribution in [-0.2, 0) is 0 Å². The Hall–Kier alpha value is -1.09. The average Bonchev–Trinajstić information content (AvgIpc) is 2.74. The van der Waals surface area contributed by atoms with Crippen molar-refractivity contribution in [2.45, 2.75) is 38.3 Å². The van der Waals surface area contributed by atoms with Crippen LogP contribution in [0.3, 0.4) is 0 Å². The summed E-state index contributed by atoms with van der Waals surface area (Å²) in [7, 11) is 2.24. The first-order valence-electron chi connectivity index (χ1n) is 7.03. The van der Waals surface area contributed by atoms with Crippen LogP contribution >= 0.6 is 0 Å². The second kappa shape index (κ2) is 4.54. The quantitative estimate of drug-likeness (QED) is 0.741. The van der Waals surface area contributed by atoms with E-state index in [9.17, 15) is 0 Å². The smallest absolute Gasteiger partial charge is 0.0805 e. The molecular weight excluding hydrogens is 222 g/mol. The minimum absolute atomic E-state index is 0.645. The van der Waals surface area contributed by atoms with Crippen molar-refractivity contribution >= 4 is 5.71 Å². The first-order valence-corrected chi connectivity index (χ1v) is 7.03. The number of piperazine rings is 1. The van der Waals surface area contributed by atoms with E-state index in [4.69, 9.17) is 0 Å². The van der Waals surface area contributed by atoms with Crippen LogP contribution in [0.25, 0.3) is 0 Å². The Morgan fingerprint density at radius 2 is 2.00 bits per heavy atom. The highest BCUT2D eigenvalue weighted by molar-refractivity contribution is 6.09. The zero-order valence-electron chi connectivity index (χ0n) is 11.5. The monoisotopic (exact) mass is 245 g/mol. The van der Waals surface area contributed by atoms with Crippen LogP contribution in [0.5, 0.6) is 0 Å². The number of allylic oxidation sites excluding steroid dienone is 1. The molecule has 0 aromatic heterocycles. The molecule has 0 saturated carbocycles. The van der Waals surface area contributed by atoms with E-state index in [-0.39, 0.29) is 0 Å². The second-order valence-corrected chi connectivity index (χ2v) is 6.01. The van der Waals surface area contributed by atoms with E-state index in [1.54, 1.807) is 0 Å². The highest BCUT2D eigenvalue weighted by atomic mass is 15.3. The number of nitrogens with zero attached hydrogens (tertiary/aromatic N) is 3. The van der Waals surface area contributed by atoms with Crippen LogP contribution in [-0.4, -0.2) is 54.3 Å². The van der Waals surface area contributed by atoms with Crippen molar-refractivity contribution in [2.75, 3.05) is 26.7 Å². The molecule has 3 rings (SSSR count). The van der Waals surface area contributed by atoms with Gasteiger partial charge in [0.2, 0.25) is 0 Å². The van der Waals surface area contributed by atoms with E-state index >= 15 is 0 Å². The van der Waals surface area contributed by atoms with E-state index in [0.29, 0.717) is 12.1 Å². The van der Waals surface area contributed by atoms with Gasteiger partial charge in [-0.2, -0.15) is 0 Å². The summed E-state index contributed by atoms with van der Waals surface area (Å²) in [5.41, 5.74) is 3.63. The molecule has 3 heterocycles. The Morgan fingerprint density at radius 3 is 2.56 bits per heavy atom. The average molecular weight is 245 g/mol. The standard InChI is InChI=1S/C15H23N3/c1-11-7-15(16-8-11)12(2)18-13-5-4-6-14(18)10-17(3)9-13/h7,13-14H,2,4-6,8-10H2,1,3H3. The van der Waals surface area contributed by atoms with Crippen LogP contribution in [0.1, 0.15) is 26.2 Å². The fourth-order valence-corrected chi connectivity index (χ4v) is 3.60. The number of hydrogen-bond acceptors (Lipinski definition) is 3. The maximum atomic E-state index is 4.61. The van der Waals surface area contributed by atoms with Crippen molar-refractivity contribution in [3.63, 3.8) is 0 Å². The van der Waals surface area contributed by atoms with E-state index in [1.807, 2.05) is 0 Å². The molecule has 0 amide bonds. The van der Waals surface area contributed by atoms with Crippen LogP contribution < -0.4 is 0 Å². The summed E-state index contributed by atoms with van der Waals surface area (Å²) in [6, 6.07) is 1.29. The van der Waals surface area contributed by atoms with Gasteiger partial charge in [0.15, 0.2) is 0 Å². The lowest BCUT2D eigenvalue weighted by Gasteiger charge is -2.51. The predicted octanol–water partition coefficient (Wildman–Crippen LogP) is 2.07. The largest absolute Gasteiger partial charge is 0.362 e. The topological polar surface area (TPSA) is 18.8 Å². The molecule has 2 bridgehead atoms. The minimum Gasteiger partial charge on any atom is -0.362 e. The lowest BCUT2D eigenvalue weighted by atomic mass is 9.90. The van der Waals surface area contributed by atoms with E-state index in [1.165, 1.54) is 37.9 Å². The molecular formula is C15H23N3. The second-order valence-electron chi connectivity index (χ2n) is 6.01. The van der Waals surface area contributed by atoms with Crippen molar-refractivity contribution in [3.05, 3.63) is 23.9 Å². The SMILES string of the molecule is C=C(C1=NCC(C)=C1)N1C2CCCC1CN(C)C2. The molecule has 2 saturated heterocycles. The summed E-state index contributed by atoms with van der Waals surface area (Å²) in [5, 5.41) is 0. The van der Waals surface area contributed by atoms with Crippen molar-refractivity contribution in [1.82, 2.24) is 9.80 Å². The zero-order valence-corrected chi connectivity index (χ0v) is 11.5. The third-order valence-electron chi connectivity index (χ3n) is 4.40. The third kappa shape index (κ3) is 2.01. The summed E-state index contributed by atoms with van der Waals surface area (Å²) in [6.45, 7) is 9.68. The molecule has 0 aromatic rings. The lowest BCUT2D eigenvalue weighted by Crippen LogP contribution is -2.59. The van der Waals surface area contributed by atoms with Gasteiger partial charge in [-0.3, -0.25) is 4.99 Å². The fourth-order valence-electron chi connectivity index (χ4n) is 3.60. The summed E-state index contributed by atoms with van der Waals surface area (Å²) in [5.74, 6) is 0. The van der Waals surface area contributed by atoms with E-state index < -0.39 is 0 Å². The number of likely N-dealkylation sites (tertiary alicyclic amines) is 1. The van der Waals surface area contributed by atoms with E-state index in [2.05, 4.69) is 41.4 Å². The Kier molecular flexibility index (Phi) is 3.02. The molecule has 3 aliphatic heterocycles. The molecule has 98 valence electrons. The summed E-state index contributed by atoms with van der Waals surface area (Å²) >= 11 is 0. The Bertz CT molecular complexity index is 407. The van der Waals surface area contributed by atoms with Crippen molar-refractivity contribution in [3.8, 4) is 0 Å². The molecule has 3 aliphatic rings. The Morgan fingerprint density at radius 1 is 1.33 bits per heavy atom. The number of piperidine rings is 1. The molecule has 0 N–H and O–H groups in total. The third-order valence-corrected chi connectivity index (χ3v) is 4.40. The van der Waals surface area contributed by atoms with Crippen LogP contribution in [0.2, 0.25) is 0 Å². The number of fused-ring (bicyclic) bond motifs is 2. The Labute approximate surface area is 110 Å². The molecule has 2 unspecified atom stereocenters. The minimum atomic E-state index is 0.645. The van der Waals surface area contributed by atoms with Gasteiger partial charge < -0.3 is 9.80 Å². The van der Waals surface area contributed by atoms with Gasteiger partial charge in [-0.25, -0.2) is 0 Å². The molecule has 2 atom stereocenters. The maximum Gasteiger partial charge on any atom is 0.0805 e. The van der Waals surface area contributed by atoms with Gasteiger partial charge in [0, 0.05) is 25.2 Å². The zero-order chi connectivity index (χ0) is 12.7. The highest BCUT2D eigenvalue weighted by Crippen LogP contribution is 2.32. The van der Waals surface area contributed by atoms with E-state index in [0.717, 1.165) is 18.0 Å². The molecule has 0 aromatic carbocycles. The van der Waals surface area contributed by atoms with Gasteiger partial charge >= 0.3 is 0 Å². The van der Waals surface area contributed by atoms with Gasteiger partial charge in [0.05, 0.1) is 18.0 Å². The van der Waals surface area contributed by atoms with Gasteiger partial charge in [-0.1, -0.05) is 6.58 Å². The van der Waals surface area contributed by atoms with Gasteiger partial charge in [0.25, 0.3) is 0 Å². The normalized spacial score (nSPS) is 32.2. The van der Waals surface area contributed by atoms with Crippen LogP contribution in [0.15, 0.2) is 28.9 Å². The fraction of sp³-hybridized carbons (Fsp3) is 0.667. The molecule has 2 fully saturated rings. The molecule has 3 nitrogen and oxygen atoms in total. The predicted molar refractivity (Wildman–Crippen MR) is 76.0 cm³/mol. The molecule has 3 heteroatoms. The maximum absolute atomic E-state index is 4.61. The number of aliphatic imine (C=N–C) groups is 1. The summed E-state index contributed by atoms with van der Waals surface area (Å²) in [6.07, 6.45) is 6.18. The van der Waals surface area contributed by atoms with Gasteiger partial charge in [-0.15, -0.1) is 0 Å². The van der Waals surface area contributed by atoms with Crippen molar-refractivity contribution < 1.29 is 0 Å². The molecule has 18 heavy (non-hydrogen) atoms. The van der Waals surface area contributed by atoms with Crippen LogP contribution in [0.4, 0.5) is 0 Å². The number of rotatable bonds is 2. The number of hydrogen-bond donors (Lipinski definition) is 0. The van der Waals surface area contributed by atoms with Crippen molar-refractivity contribution in [1.29, 1.82) is 0 Å².